The molecule has 0 atom stereocenters. The van der Waals surface area contributed by atoms with Crippen LogP contribution < -0.4 is 0 Å². The van der Waals surface area contributed by atoms with Gasteiger partial charge in [-0.2, -0.15) is 5.26 Å². The van der Waals surface area contributed by atoms with Crippen LogP contribution in [0.4, 0.5) is 0 Å². The number of carbonyl (C=O) groups is 1. The molecular formula is C15H17ClN2O. The number of Topliss-reactive ketones (excluding diaryl/α,β-unsaturated/α-hetero) is 1. The lowest BCUT2D eigenvalue weighted by Crippen LogP contribution is -2.35. The molecule has 4 heteroatoms. The Kier molecular flexibility index (Phi) is 4.57. The van der Waals surface area contributed by atoms with Crippen molar-refractivity contribution in [1.82, 2.24) is 4.90 Å². The quantitative estimate of drug-likeness (QED) is 0.852. The molecule has 1 aliphatic rings. The van der Waals surface area contributed by atoms with E-state index in [4.69, 9.17) is 16.9 Å². The molecule has 2 rings (SSSR count). The van der Waals surface area contributed by atoms with E-state index in [1.54, 1.807) is 19.1 Å². The Morgan fingerprint density at radius 3 is 2.68 bits per heavy atom. The van der Waals surface area contributed by atoms with Crippen LogP contribution in [0.5, 0.6) is 0 Å². The number of nitriles is 1. The molecule has 1 aromatic carbocycles. The van der Waals surface area contributed by atoms with E-state index >= 15 is 0 Å². The predicted octanol–water partition coefficient (Wildman–Crippen LogP) is 3.01. The number of likely N-dealkylation sites (tertiary alicyclic amines) is 1. The smallest absolute Gasteiger partial charge is 0.133 e. The third kappa shape index (κ3) is 3.56. The molecule has 0 bridgehead atoms. The van der Waals surface area contributed by atoms with Gasteiger partial charge in [-0.1, -0.05) is 17.7 Å². The Balaban J connectivity index is 1.96. The van der Waals surface area contributed by atoms with Gasteiger partial charge in [0.15, 0.2) is 0 Å². The van der Waals surface area contributed by atoms with Crippen LogP contribution in [0.25, 0.3) is 0 Å². The van der Waals surface area contributed by atoms with Gasteiger partial charge in [0.2, 0.25) is 0 Å². The predicted molar refractivity (Wildman–Crippen MR) is 74.8 cm³/mol. The van der Waals surface area contributed by atoms with Crippen LogP contribution in [0.15, 0.2) is 18.2 Å². The lowest BCUT2D eigenvalue weighted by molar-refractivity contribution is -0.122. The number of rotatable bonds is 3. The Morgan fingerprint density at radius 1 is 1.47 bits per heavy atom. The standard InChI is InChI=1S/C15H17ClN2O/c1-11(19)13-4-6-18(7-5-13)10-14-3-2-12(9-17)8-15(14)16/h2-3,8,13H,4-7,10H2,1H3. The van der Waals surface area contributed by atoms with Crippen molar-refractivity contribution >= 4 is 17.4 Å². The summed E-state index contributed by atoms with van der Waals surface area (Å²) in [6.45, 7) is 4.33. The minimum Gasteiger partial charge on any atom is -0.300 e. The molecule has 1 saturated heterocycles. The van der Waals surface area contributed by atoms with Gasteiger partial charge in [-0.3, -0.25) is 9.69 Å². The van der Waals surface area contributed by atoms with Crippen molar-refractivity contribution in [3.8, 4) is 6.07 Å². The fourth-order valence-corrected chi connectivity index (χ4v) is 2.72. The van der Waals surface area contributed by atoms with Gasteiger partial charge in [-0.15, -0.1) is 0 Å². The first kappa shape index (κ1) is 14.0. The van der Waals surface area contributed by atoms with E-state index in [1.165, 1.54) is 0 Å². The fraction of sp³-hybridized carbons (Fsp3) is 0.467. The Bertz CT molecular complexity index is 513. The number of hydrogen-bond acceptors (Lipinski definition) is 3. The summed E-state index contributed by atoms with van der Waals surface area (Å²) in [4.78, 5) is 13.6. The van der Waals surface area contributed by atoms with Gasteiger partial charge in [0, 0.05) is 17.5 Å². The zero-order chi connectivity index (χ0) is 13.8. The summed E-state index contributed by atoms with van der Waals surface area (Å²) in [5, 5.41) is 9.45. The molecule has 0 amide bonds. The highest BCUT2D eigenvalue weighted by atomic mass is 35.5. The molecular weight excluding hydrogens is 260 g/mol. The average Bonchev–Trinajstić information content (AvgIpc) is 2.41. The van der Waals surface area contributed by atoms with E-state index in [0.29, 0.717) is 16.4 Å². The molecule has 0 spiro atoms. The number of halogens is 1. The Hall–Kier alpha value is -1.37. The van der Waals surface area contributed by atoms with Crippen LogP contribution in [0.1, 0.15) is 30.9 Å². The normalized spacial score (nSPS) is 17.1. The molecule has 19 heavy (non-hydrogen) atoms. The van der Waals surface area contributed by atoms with Crippen molar-refractivity contribution in [2.45, 2.75) is 26.3 Å². The summed E-state index contributed by atoms with van der Waals surface area (Å²) in [5.74, 6) is 0.531. The van der Waals surface area contributed by atoms with E-state index in [1.807, 2.05) is 6.07 Å². The molecule has 100 valence electrons. The number of hydrogen-bond donors (Lipinski definition) is 0. The van der Waals surface area contributed by atoms with E-state index < -0.39 is 0 Å². The summed E-state index contributed by atoms with van der Waals surface area (Å²) in [6, 6.07) is 7.50. The van der Waals surface area contributed by atoms with E-state index in [0.717, 1.165) is 38.0 Å². The monoisotopic (exact) mass is 276 g/mol. The third-order valence-corrected chi connectivity index (χ3v) is 4.09. The van der Waals surface area contributed by atoms with Crippen LogP contribution in [-0.4, -0.2) is 23.8 Å². The first-order valence-electron chi connectivity index (χ1n) is 6.51. The summed E-state index contributed by atoms with van der Waals surface area (Å²) in [6.07, 6.45) is 1.87. The lowest BCUT2D eigenvalue weighted by atomic mass is 9.93. The largest absolute Gasteiger partial charge is 0.300 e. The maximum absolute atomic E-state index is 11.3. The minimum atomic E-state index is 0.229. The molecule has 0 aliphatic carbocycles. The highest BCUT2D eigenvalue weighted by molar-refractivity contribution is 6.31. The summed E-state index contributed by atoms with van der Waals surface area (Å²) in [5.41, 5.74) is 1.63. The fourth-order valence-electron chi connectivity index (χ4n) is 2.48. The van der Waals surface area contributed by atoms with E-state index in [9.17, 15) is 4.79 Å². The van der Waals surface area contributed by atoms with Crippen LogP contribution in [-0.2, 0) is 11.3 Å². The van der Waals surface area contributed by atoms with Crippen LogP contribution in [0, 0.1) is 17.2 Å². The van der Waals surface area contributed by atoms with Gasteiger partial charge < -0.3 is 0 Å². The Labute approximate surface area is 118 Å². The second-order valence-corrected chi connectivity index (χ2v) is 5.49. The van der Waals surface area contributed by atoms with Gasteiger partial charge in [0.25, 0.3) is 0 Å². The highest BCUT2D eigenvalue weighted by Crippen LogP contribution is 2.23. The van der Waals surface area contributed by atoms with Crippen molar-refractivity contribution in [2.75, 3.05) is 13.1 Å². The summed E-state index contributed by atoms with van der Waals surface area (Å²) in [7, 11) is 0. The molecule has 1 aromatic rings. The topological polar surface area (TPSA) is 44.1 Å². The van der Waals surface area contributed by atoms with Gasteiger partial charge in [-0.25, -0.2) is 0 Å². The molecule has 0 saturated carbocycles. The number of nitrogens with zero attached hydrogens (tertiary/aromatic N) is 2. The number of benzene rings is 1. The second kappa shape index (κ2) is 6.18. The number of ketones is 1. The van der Waals surface area contributed by atoms with E-state index in [-0.39, 0.29) is 5.92 Å². The van der Waals surface area contributed by atoms with Gasteiger partial charge in [0.05, 0.1) is 11.6 Å². The first-order chi connectivity index (χ1) is 9.10. The van der Waals surface area contributed by atoms with Gasteiger partial charge >= 0.3 is 0 Å². The van der Waals surface area contributed by atoms with Gasteiger partial charge in [0.1, 0.15) is 5.78 Å². The van der Waals surface area contributed by atoms with Crippen molar-refractivity contribution < 1.29 is 4.79 Å². The van der Waals surface area contributed by atoms with Crippen molar-refractivity contribution in [3.63, 3.8) is 0 Å². The van der Waals surface area contributed by atoms with Gasteiger partial charge in [-0.05, 0) is 50.6 Å². The van der Waals surface area contributed by atoms with Crippen molar-refractivity contribution in [2.24, 2.45) is 5.92 Å². The molecule has 1 heterocycles. The van der Waals surface area contributed by atoms with Crippen molar-refractivity contribution in [3.05, 3.63) is 34.3 Å². The summed E-state index contributed by atoms with van der Waals surface area (Å²) >= 11 is 6.17. The Morgan fingerprint density at radius 2 is 2.16 bits per heavy atom. The average molecular weight is 277 g/mol. The number of carbonyl (C=O) groups excluding carboxylic acids is 1. The molecule has 0 radical (unpaired) electrons. The molecule has 0 N–H and O–H groups in total. The molecule has 1 fully saturated rings. The molecule has 1 aliphatic heterocycles. The second-order valence-electron chi connectivity index (χ2n) is 5.08. The molecule has 3 nitrogen and oxygen atoms in total. The maximum atomic E-state index is 11.3. The van der Waals surface area contributed by atoms with E-state index in [2.05, 4.69) is 11.0 Å². The third-order valence-electron chi connectivity index (χ3n) is 3.74. The SMILES string of the molecule is CC(=O)C1CCN(Cc2ccc(C#N)cc2Cl)CC1. The van der Waals surface area contributed by atoms with Crippen LogP contribution >= 0.6 is 11.6 Å². The highest BCUT2D eigenvalue weighted by Gasteiger charge is 2.22. The number of piperidine rings is 1. The zero-order valence-electron chi connectivity index (χ0n) is 11.0. The minimum absolute atomic E-state index is 0.229. The van der Waals surface area contributed by atoms with Crippen LogP contribution in [0.2, 0.25) is 5.02 Å². The first-order valence-corrected chi connectivity index (χ1v) is 6.89. The van der Waals surface area contributed by atoms with Crippen LogP contribution in [0.3, 0.4) is 0 Å². The zero-order valence-corrected chi connectivity index (χ0v) is 11.8. The van der Waals surface area contributed by atoms with Crippen molar-refractivity contribution in [1.29, 1.82) is 5.26 Å². The molecule has 0 unspecified atom stereocenters. The summed E-state index contributed by atoms with van der Waals surface area (Å²) < 4.78 is 0. The lowest BCUT2D eigenvalue weighted by Gasteiger charge is -2.31. The maximum Gasteiger partial charge on any atom is 0.133 e. The molecule has 0 aromatic heterocycles.